The minimum atomic E-state index is -4.74. The van der Waals surface area contributed by atoms with E-state index in [-0.39, 0.29) is 11.4 Å². The second-order valence-corrected chi connectivity index (χ2v) is 4.12. The first-order valence-corrected chi connectivity index (χ1v) is 6.14. The molecule has 5 nitrogen and oxygen atoms in total. The maximum Gasteiger partial charge on any atom is 0.436 e. The number of aromatic nitrogens is 3. The molecule has 2 rings (SSSR count). The first-order valence-electron chi connectivity index (χ1n) is 6.14. The Labute approximate surface area is 118 Å². The molecule has 0 saturated heterocycles. The number of hydrogen-bond donors (Lipinski definition) is 0. The highest BCUT2D eigenvalue weighted by atomic mass is 19.4. The zero-order chi connectivity index (χ0) is 15.5. The lowest BCUT2D eigenvalue weighted by atomic mass is 10.2. The lowest BCUT2D eigenvalue weighted by molar-refractivity contribution is -0.143. The SMILES string of the molecule is CCCOc1ccccc1-n1nnc(C#N)c1C(F)(F)F. The van der Waals surface area contributed by atoms with Crippen LogP contribution in [0, 0.1) is 11.3 Å². The highest BCUT2D eigenvalue weighted by molar-refractivity contribution is 5.48. The number of halogens is 3. The molecule has 0 aliphatic rings. The summed E-state index contributed by atoms with van der Waals surface area (Å²) in [5.41, 5.74) is -1.89. The third kappa shape index (κ3) is 2.97. The molecule has 110 valence electrons. The van der Waals surface area contributed by atoms with E-state index < -0.39 is 17.6 Å². The minimum absolute atomic E-state index is 0.0901. The Balaban J connectivity index is 2.58. The van der Waals surface area contributed by atoms with Crippen molar-refractivity contribution in [2.75, 3.05) is 6.61 Å². The third-order valence-corrected chi connectivity index (χ3v) is 2.60. The topological polar surface area (TPSA) is 63.7 Å². The maximum atomic E-state index is 13.1. The van der Waals surface area contributed by atoms with Crippen molar-refractivity contribution in [3.05, 3.63) is 35.7 Å². The van der Waals surface area contributed by atoms with Crippen LogP contribution in [0.15, 0.2) is 24.3 Å². The number of nitriles is 1. The van der Waals surface area contributed by atoms with Crippen molar-refractivity contribution in [1.29, 1.82) is 5.26 Å². The molecule has 1 aromatic carbocycles. The van der Waals surface area contributed by atoms with E-state index in [9.17, 15) is 13.2 Å². The van der Waals surface area contributed by atoms with Crippen molar-refractivity contribution >= 4 is 0 Å². The molecule has 0 radical (unpaired) electrons. The predicted octanol–water partition coefficient (Wildman–Crippen LogP) is 2.95. The highest BCUT2D eigenvalue weighted by Crippen LogP contribution is 2.34. The molecule has 21 heavy (non-hydrogen) atoms. The highest BCUT2D eigenvalue weighted by Gasteiger charge is 2.40. The number of hydrogen-bond acceptors (Lipinski definition) is 4. The normalized spacial score (nSPS) is 11.2. The van der Waals surface area contributed by atoms with Crippen molar-refractivity contribution in [3.8, 4) is 17.5 Å². The summed E-state index contributed by atoms with van der Waals surface area (Å²) in [6, 6.07) is 7.57. The van der Waals surface area contributed by atoms with Crippen molar-refractivity contribution in [3.63, 3.8) is 0 Å². The molecular formula is C13H11F3N4O. The standard InChI is InChI=1S/C13H11F3N4O/c1-2-7-21-11-6-4-3-5-10(11)20-12(13(14,15)16)9(8-17)18-19-20/h3-6H,2,7H2,1H3. The number of ether oxygens (including phenoxy) is 1. The van der Waals surface area contributed by atoms with E-state index in [4.69, 9.17) is 10.00 Å². The summed E-state index contributed by atoms with van der Waals surface area (Å²) in [6.07, 6.45) is -4.03. The fourth-order valence-electron chi connectivity index (χ4n) is 1.75. The van der Waals surface area contributed by atoms with Gasteiger partial charge in [-0.2, -0.15) is 18.4 Å². The summed E-state index contributed by atoms with van der Waals surface area (Å²) in [6.45, 7) is 2.24. The molecule has 0 spiro atoms. The molecule has 1 heterocycles. The van der Waals surface area contributed by atoms with Crippen LogP contribution in [-0.2, 0) is 6.18 Å². The molecule has 0 aliphatic carbocycles. The lowest BCUT2D eigenvalue weighted by Crippen LogP contribution is -2.15. The molecule has 1 aromatic heterocycles. The van der Waals surface area contributed by atoms with E-state index in [1.807, 2.05) is 6.92 Å². The Morgan fingerprint density at radius 3 is 2.67 bits per heavy atom. The van der Waals surface area contributed by atoms with Crippen LogP contribution in [0.4, 0.5) is 13.2 Å². The van der Waals surface area contributed by atoms with Gasteiger partial charge in [0, 0.05) is 0 Å². The number of para-hydroxylation sites is 2. The summed E-state index contributed by atoms with van der Waals surface area (Å²) in [5, 5.41) is 15.5. The molecule has 0 fully saturated rings. The van der Waals surface area contributed by atoms with Crippen LogP contribution in [0.2, 0.25) is 0 Å². The van der Waals surface area contributed by atoms with Gasteiger partial charge in [0.15, 0.2) is 11.4 Å². The first kappa shape index (κ1) is 14.8. The second-order valence-electron chi connectivity index (χ2n) is 4.12. The van der Waals surface area contributed by atoms with Gasteiger partial charge in [0.2, 0.25) is 0 Å². The van der Waals surface area contributed by atoms with Gasteiger partial charge >= 0.3 is 6.18 Å². The van der Waals surface area contributed by atoms with Crippen LogP contribution < -0.4 is 4.74 Å². The summed E-state index contributed by atoms with van der Waals surface area (Å²) in [4.78, 5) is 0. The average Bonchev–Trinajstić information content (AvgIpc) is 2.89. The summed E-state index contributed by atoms with van der Waals surface area (Å²) in [7, 11) is 0. The van der Waals surface area contributed by atoms with E-state index in [2.05, 4.69) is 10.3 Å². The summed E-state index contributed by atoms with van der Waals surface area (Å²) < 4.78 is 45.3. The molecule has 0 unspecified atom stereocenters. The molecule has 0 atom stereocenters. The van der Waals surface area contributed by atoms with Gasteiger partial charge in [0.1, 0.15) is 17.5 Å². The summed E-state index contributed by atoms with van der Waals surface area (Å²) in [5.74, 6) is 0.249. The summed E-state index contributed by atoms with van der Waals surface area (Å²) >= 11 is 0. The van der Waals surface area contributed by atoms with Gasteiger partial charge in [-0.25, -0.2) is 4.68 Å². The fourth-order valence-corrected chi connectivity index (χ4v) is 1.75. The third-order valence-electron chi connectivity index (χ3n) is 2.60. The van der Waals surface area contributed by atoms with E-state index >= 15 is 0 Å². The fraction of sp³-hybridized carbons (Fsp3) is 0.308. The predicted molar refractivity (Wildman–Crippen MR) is 66.9 cm³/mol. The van der Waals surface area contributed by atoms with Crippen molar-refractivity contribution in [2.24, 2.45) is 0 Å². The van der Waals surface area contributed by atoms with Gasteiger partial charge in [0.05, 0.1) is 6.61 Å². The monoisotopic (exact) mass is 296 g/mol. The second kappa shape index (κ2) is 5.83. The number of nitrogens with zero attached hydrogens (tertiary/aromatic N) is 4. The molecule has 0 bridgehead atoms. The van der Waals surface area contributed by atoms with Crippen LogP contribution in [0.1, 0.15) is 24.7 Å². The quantitative estimate of drug-likeness (QED) is 0.870. The van der Waals surface area contributed by atoms with Crippen LogP contribution >= 0.6 is 0 Å². The molecule has 0 amide bonds. The van der Waals surface area contributed by atoms with E-state index in [1.54, 1.807) is 18.2 Å². The van der Waals surface area contributed by atoms with E-state index in [0.29, 0.717) is 17.7 Å². The van der Waals surface area contributed by atoms with Gasteiger partial charge in [-0.1, -0.05) is 24.3 Å². The maximum absolute atomic E-state index is 13.1. The molecule has 8 heteroatoms. The molecule has 2 aromatic rings. The molecule has 0 N–H and O–H groups in total. The largest absolute Gasteiger partial charge is 0.491 e. The smallest absolute Gasteiger partial charge is 0.436 e. The van der Waals surface area contributed by atoms with Crippen molar-refractivity contribution in [1.82, 2.24) is 15.0 Å². The zero-order valence-corrected chi connectivity index (χ0v) is 11.1. The zero-order valence-electron chi connectivity index (χ0n) is 11.1. The molecular weight excluding hydrogens is 285 g/mol. The van der Waals surface area contributed by atoms with Crippen LogP contribution in [0.5, 0.6) is 5.75 Å². The Hall–Kier alpha value is -2.56. The number of alkyl halides is 3. The number of benzene rings is 1. The Bertz CT molecular complexity index is 673. The average molecular weight is 296 g/mol. The van der Waals surface area contributed by atoms with Gasteiger partial charge in [-0.05, 0) is 18.6 Å². The van der Waals surface area contributed by atoms with Crippen molar-refractivity contribution in [2.45, 2.75) is 19.5 Å². The van der Waals surface area contributed by atoms with E-state index in [0.717, 1.165) is 0 Å². The van der Waals surface area contributed by atoms with Crippen LogP contribution in [-0.4, -0.2) is 21.6 Å². The van der Waals surface area contributed by atoms with Crippen LogP contribution in [0.3, 0.4) is 0 Å². The molecule has 0 saturated carbocycles. The van der Waals surface area contributed by atoms with Crippen molar-refractivity contribution < 1.29 is 17.9 Å². The van der Waals surface area contributed by atoms with E-state index in [1.165, 1.54) is 12.1 Å². The van der Waals surface area contributed by atoms with Crippen LogP contribution in [0.25, 0.3) is 5.69 Å². The minimum Gasteiger partial charge on any atom is -0.491 e. The number of rotatable bonds is 4. The Morgan fingerprint density at radius 2 is 2.05 bits per heavy atom. The van der Waals surface area contributed by atoms with Gasteiger partial charge < -0.3 is 4.74 Å². The lowest BCUT2D eigenvalue weighted by Gasteiger charge is -2.13. The first-order chi connectivity index (χ1) is 9.99. The van der Waals surface area contributed by atoms with Gasteiger partial charge in [-0.3, -0.25) is 0 Å². The van der Waals surface area contributed by atoms with Gasteiger partial charge in [-0.15, -0.1) is 5.10 Å². The Kier molecular flexibility index (Phi) is 4.12. The Morgan fingerprint density at radius 1 is 1.33 bits per heavy atom. The van der Waals surface area contributed by atoms with Gasteiger partial charge in [0.25, 0.3) is 0 Å². The molecule has 0 aliphatic heterocycles.